The average Bonchev–Trinajstić information content (AvgIpc) is 3.12. The summed E-state index contributed by atoms with van der Waals surface area (Å²) in [6.07, 6.45) is 6.44. The lowest BCUT2D eigenvalue weighted by molar-refractivity contribution is 0.564. The second-order valence-corrected chi connectivity index (χ2v) is 5.99. The second kappa shape index (κ2) is 5.93. The number of hydrogen-bond donors (Lipinski definition) is 0. The molecule has 0 atom stereocenters. The maximum atomic E-state index is 6.05. The summed E-state index contributed by atoms with van der Waals surface area (Å²) in [5, 5.41) is 4.22. The standard InChI is InChI=1S/C13H18ClN7/c1-9(2)5-6-20(10-3-4-10)12-17-11(14)18-13(19-12)21-8-15-7-16-21/h7-10H,3-6H2,1-2H3. The molecule has 0 saturated heterocycles. The Morgan fingerprint density at radius 2 is 2.14 bits per heavy atom. The van der Waals surface area contributed by atoms with Crippen molar-refractivity contribution in [2.75, 3.05) is 11.4 Å². The molecule has 1 aliphatic rings. The van der Waals surface area contributed by atoms with Gasteiger partial charge in [0.25, 0.3) is 5.95 Å². The highest BCUT2D eigenvalue weighted by Gasteiger charge is 2.31. The molecule has 0 bridgehead atoms. The first-order valence-corrected chi connectivity index (χ1v) is 7.54. The molecule has 2 aromatic rings. The van der Waals surface area contributed by atoms with Crippen LogP contribution in [0.5, 0.6) is 0 Å². The van der Waals surface area contributed by atoms with E-state index in [9.17, 15) is 0 Å². The average molecular weight is 308 g/mol. The van der Waals surface area contributed by atoms with E-state index in [0.717, 1.165) is 13.0 Å². The van der Waals surface area contributed by atoms with Crippen molar-refractivity contribution in [1.29, 1.82) is 0 Å². The quantitative estimate of drug-likeness (QED) is 0.814. The lowest BCUT2D eigenvalue weighted by atomic mass is 10.1. The van der Waals surface area contributed by atoms with E-state index >= 15 is 0 Å². The Balaban J connectivity index is 1.88. The SMILES string of the molecule is CC(C)CCN(c1nc(Cl)nc(-n2cncn2)n1)C1CC1. The smallest absolute Gasteiger partial charge is 0.258 e. The van der Waals surface area contributed by atoms with Gasteiger partial charge in [0, 0.05) is 12.6 Å². The molecule has 0 aromatic carbocycles. The lowest BCUT2D eigenvalue weighted by Crippen LogP contribution is -2.30. The van der Waals surface area contributed by atoms with Gasteiger partial charge in [-0.05, 0) is 36.8 Å². The number of hydrogen-bond acceptors (Lipinski definition) is 6. The first-order valence-electron chi connectivity index (χ1n) is 7.16. The molecule has 1 fully saturated rings. The molecule has 21 heavy (non-hydrogen) atoms. The molecule has 0 amide bonds. The predicted molar refractivity (Wildman–Crippen MR) is 79.6 cm³/mol. The first kappa shape index (κ1) is 14.2. The Labute approximate surface area is 128 Å². The van der Waals surface area contributed by atoms with Gasteiger partial charge >= 0.3 is 0 Å². The molecule has 8 heteroatoms. The molecule has 0 unspecified atom stereocenters. The normalized spacial score (nSPS) is 14.7. The molecule has 0 radical (unpaired) electrons. The molecule has 1 saturated carbocycles. The maximum absolute atomic E-state index is 6.05. The van der Waals surface area contributed by atoms with Crippen LogP contribution in [0.2, 0.25) is 5.28 Å². The van der Waals surface area contributed by atoms with E-state index in [-0.39, 0.29) is 5.28 Å². The highest BCUT2D eigenvalue weighted by atomic mass is 35.5. The zero-order valence-corrected chi connectivity index (χ0v) is 12.9. The topological polar surface area (TPSA) is 72.6 Å². The van der Waals surface area contributed by atoms with Crippen molar-refractivity contribution < 1.29 is 0 Å². The second-order valence-electron chi connectivity index (χ2n) is 5.65. The third-order valence-electron chi connectivity index (χ3n) is 3.40. The van der Waals surface area contributed by atoms with Gasteiger partial charge in [-0.3, -0.25) is 0 Å². The monoisotopic (exact) mass is 307 g/mol. The van der Waals surface area contributed by atoms with Gasteiger partial charge in [-0.15, -0.1) is 0 Å². The fourth-order valence-corrected chi connectivity index (χ4v) is 2.25. The number of rotatable bonds is 6. The summed E-state index contributed by atoms with van der Waals surface area (Å²) in [6, 6.07) is 0.519. The predicted octanol–water partition coefficient (Wildman–Crippen LogP) is 2.12. The molecule has 2 aromatic heterocycles. The summed E-state index contributed by atoms with van der Waals surface area (Å²) in [5.41, 5.74) is 0. The van der Waals surface area contributed by atoms with E-state index in [2.05, 4.69) is 43.8 Å². The van der Waals surface area contributed by atoms with Gasteiger partial charge in [-0.25, -0.2) is 4.98 Å². The fourth-order valence-electron chi connectivity index (χ4n) is 2.10. The van der Waals surface area contributed by atoms with Crippen LogP contribution in [-0.2, 0) is 0 Å². The fraction of sp³-hybridized carbons (Fsp3) is 0.615. The summed E-state index contributed by atoms with van der Waals surface area (Å²) in [7, 11) is 0. The third kappa shape index (κ3) is 3.47. The van der Waals surface area contributed by atoms with E-state index < -0.39 is 0 Å². The van der Waals surface area contributed by atoms with E-state index in [1.807, 2.05) is 0 Å². The molecule has 1 aliphatic carbocycles. The Bertz CT molecular complexity index is 595. The van der Waals surface area contributed by atoms with Crippen molar-refractivity contribution >= 4 is 17.5 Å². The highest BCUT2D eigenvalue weighted by Crippen LogP contribution is 2.30. The van der Waals surface area contributed by atoms with Gasteiger partial charge in [-0.1, -0.05) is 13.8 Å². The Hall–Kier alpha value is -1.76. The summed E-state index contributed by atoms with van der Waals surface area (Å²) < 4.78 is 1.49. The molecular weight excluding hydrogens is 290 g/mol. The van der Waals surface area contributed by atoms with Crippen molar-refractivity contribution in [3.8, 4) is 5.95 Å². The van der Waals surface area contributed by atoms with E-state index in [4.69, 9.17) is 11.6 Å². The van der Waals surface area contributed by atoms with Crippen LogP contribution in [0.3, 0.4) is 0 Å². The minimum atomic E-state index is 0.181. The van der Waals surface area contributed by atoms with E-state index in [1.165, 1.54) is 23.9 Å². The van der Waals surface area contributed by atoms with Crippen LogP contribution in [0.25, 0.3) is 5.95 Å². The van der Waals surface area contributed by atoms with Crippen LogP contribution < -0.4 is 4.90 Å². The largest absolute Gasteiger partial charge is 0.338 e. The van der Waals surface area contributed by atoms with Gasteiger partial charge in [-0.2, -0.15) is 24.7 Å². The number of aromatic nitrogens is 6. The highest BCUT2D eigenvalue weighted by molar-refractivity contribution is 6.28. The van der Waals surface area contributed by atoms with Crippen LogP contribution in [0, 0.1) is 5.92 Å². The molecule has 2 heterocycles. The molecule has 7 nitrogen and oxygen atoms in total. The van der Waals surface area contributed by atoms with E-state index in [1.54, 1.807) is 6.33 Å². The Kier molecular flexibility index (Phi) is 4.01. The zero-order chi connectivity index (χ0) is 14.8. The summed E-state index contributed by atoms with van der Waals surface area (Å²) >= 11 is 6.05. The molecule has 0 N–H and O–H groups in total. The van der Waals surface area contributed by atoms with Gasteiger partial charge < -0.3 is 4.90 Å². The minimum absolute atomic E-state index is 0.181. The summed E-state index contributed by atoms with van der Waals surface area (Å²) in [6.45, 7) is 5.36. The van der Waals surface area contributed by atoms with E-state index in [0.29, 0.717) is 23.9 Å². The van der Waals surface area contributed by atoms with Crippen molar-refractivity contribution in [2.45, 2.75) is 39.2 Å². The van der Waals surface area contributed by atoms with Gasteiger partial charge in [0.05, 0.1) is 0 Å². The van der Waals surface area contributed by atoms with Crippen LogP contribution in [-0.4, -0.2) is 42.3 Å². The Morgan fingerprint density at radius 3 is 2.76 bits per heavy atom. The molecule has 0 spiro atoms. The van der Waals surface area contributed by atoms with Crippen LogP contribution in [0.4, 0.5) is 5.95 Å². The van der Waals surface area contributed by atoms with Gasteiger partial charge in [0.15, 0.2) is 0 Å². The number of anilines is 1. The number of halogens is 1. The maximum Gasteiger partial charge on any atom is 0.258 e. The molecule has 0 aliphatic heterocycles. The molecule has 3 rings (SSSR count). The zero-order valence-electron chi connectivity index (χ0n) is 12.1. The van der Waals surface area contributed by atoms with Crippen LogP contribution in [0.1, 0.15) is 33.1 Å². The Morgan fingerprint density at radius 1 is 1.33 bits per heavy atom. The van der Waals surface area contributed by atoms with Crippen LogP contribution >= 0.6 is 11.6 Å². The third-order valence-corrected chi connectivity index (χ3v) is 3.57. The summed E-state index contributed by atoms with van der Waals surface area (Å²) in [5.74, 6) is 1.67. The van der Waals surface area contributed by atoms with Crippen molar-refractivity contribution in [2.24, 2.45) is 5.92 Å². The van der Waals surface area contributed by atoms with Crippen molar-refractivity contribution in [3.63, 3.8) is 0 Å². The molecular formula is C13H18ClN7. The van der Waals surface area contributed by atoms with Crippen molar-refractivity contribution in [1.82, 2.24) is 29.7 Å². The minimum Gasteiger partial charge on any atom is -0.338 e. The number of nitrogens with zero attached hydrogens (tertiary/aromatic N) is 7. The molecule has 112 valence electrons. The lowest BCUT2D eigenvalue weighted by Gasteiger charge is -2.23. The van der Waals surface area contributed by atoms with Crippen LogP contribution in [0.15, 0.2) is 12.7 Å². The first-order chi connectivity index (χ1) is 10.1. The van der Waals surface area contributed by atoms with Crippen molar-refractivity contribution in [3.05, 3.63) is 17.9 Å². The summed E-state index contributed by atoms with van der Waals surface area (Å²) in [4.78, 5) is 19.0. The van der Waals surface area contributed by atoms with Gasteiger partial charge in [0.2, 0.25) is 11.2 Å². The van der Waals surface area contributed by atoms with Gasteiger partial charge in [0.1, 0.15) is 12.7 Å².